The normalized spacial score (nSPS) is 10.4. The molecule has 0 aromatic heterocycles. The molecule has 4 heteroatoms. The molecule has 0 saturated heterocycles. The number of hydrogen-bond donors (Lipinski definition) is 3. The van der Waals surface area contributed by atoms with Gasteiger partial charge < -0.3 is 15.7 Å². The van der Waals surface area contributed by atoms with E-state index in [0.717, 1.165) is 6.42 Å². The topological polar surface area (TPSA) is 61.4 Å². The van der Waals surface area contributed by atoms with E-state index in [0.29, 0.717) is 6.54 Å². The van der Waals surface area contributed by atoms with Gasteiger partial charge in [0.25, 0.3) is 0 Å². The zero-order valence-corrected chi connectivity index (χ0v) is 12.5. The summed E-state index contributed by atoms with van der Waals surface area (Å²) in [6, 6.07) is -0.283. The summed E-state index contributed by atoms with van der Waals surface area (Å²) in [7, 11) is 0. The molecular weight excluding hydrogens is 240 g/mol. The molecule has 0 spiro atoms. The third kappa shape index (κ3) is 15.2. The average molecular weight is 272 g/mol. The van der Waals surface area contributed by atoms with Crippen molar-refractivity contribution in [2.24, 2.45) is 0 Å². The van der Waals surface area contributed by atoms with Crippen LogP contribution in [0, 0.1) is 0 Å². The van der Waals surface area contributed by atoms with E-state index in [9.17, 15) is 4.79 Å². The summed E-state index contributed by atoms with van der Waals surface area (Å²) in [6.07, 6.45) is 14.4. The van der Waals surface area contributed by atoms with E-state index in [1.165, 1.54) is 64.2 Å². The van der Waals surface area contributed by atoms with Crippen molar-refractivity contribution < 1.29 is 9.90 Å². The zero-order chi connectivity index (χ0) is 14.2. The molecule has 0 heterocycles. The molecule has 0 aliphatic heterocycles. The number of urea groups is 1. The van der Waals surface area contributed by atoms with E-state index in [2.05, 4.69) is 17.6 Å². The van der Waals surface area contributed by atoms with Gasteiger partial charge in [-0.3, -0.25) is 0 Å². The van der Waals surface area contributed by atoms with Gasteiger partial charge in [-0.1, -0.05) is 71.1 Å². The predicted molar refractivity (Wildman–Crippen MR) is 80.1 cm³/mol. The van der Waals surface area contributed by atoms with Crippen molar-refractivity contribution >= 4 is 6.03 Å². The number of aliphatic hydroxyl groups is 1. The largest absolute Gasteiger partial charge is 0.376 e. The van der Waals surface area contributed by atoms with Gasteiger partial charge in [-0.15, -0.1) is 0 Å². The van der Waals surface area contributed by atoms with E-state index in [-0.39, 0.29) is 12.8 Å². The molecule has 0 atom stereocenters. The predicted octanol–water partition coefficient (Wildman–Crippen LogP) is 3.55. The number of carbonyl (C=O) groups excluding carboxylic acids is 1. The van der Waals surface area contributed by atoms with Crippen molar-refractivity contribution in [3.8, 4) is 0 Å². The van der Waals surface area contributed by atoms with Gasteiger partial charge in [-0.2, -0.15) is 0 Å². The molecule has 0 rings (SSSR count). The second-order valence-electron chi connectivity index (χ2n) is 5.13. The Balaban J connectivity index is 3.01. The second kappa shape index (κ2) is 15.3. The highest BCUT2D eigenvalue weighted by Crippen LogP contribution is 2.10. The molecule has 0 aromatic rings. The van der Waals surface area contributed by atoms with Gasteiger partial charge in [0.05, 0.1) is 0 Å². The lowest BCUT2D eigenvalue weighted by molar-refractivity contribution is 0.217. The van der Waals surface area contributed by atoms with Gasteiger partial charge >= 0.3 is 6.03 Å². The van der Waals surface area contributed by atoms with Gasteiger partial charge in [0, 0.05) is 6.54 Å². The third-order valence-electron chi connectivity index (χ3n) is 3.31. The minimum absolute atomic E-state index is 0.283. The van der Waals surface area contributed by atoms with Crippen molar-refractivity contribution in [2.75, 3.05) is 13.3 Å². The first-order valence-corrected chi connectivity index (χ1v) is 7.93. The Bertz CT molecular complexity index is 199. The molecule has 0 fully saturated rings. The van der Waals surface area contributed by atoms with E-state index in [4.69, 9.17) is 5.11 Å². The number of unbranched alkanes of at least 4 members (excludes halogenated alkanes) is 10. The highest BCUT2D eigenvalue weighted by Gasteiger charge is 1.96. The van der Waals surface area contributed by atoms with Gasteiger partial charge in [-0.05, 0) is 6.42 Å². The number of nitrogens with one attached hydrogen (secondary N) is 2. The summed E-state index contributed by atoms with van der Waals surface area (Å²) in [5, 5.41) is 13.5. The number of aliphatic hydroxyl groups excluding tert-OH is 1. The van der Waals surface area contributed by atoms with Crippen LogP contribution in [0.1, 0.15) is 77.6 Å². The molecular formula is C15H32N2O2. The molecule has 0 saturated carbocycles. The standard InChI is InChI=1S/C15H32N2O2/c1-2-3-4-5-6-7-8-9-10-11-12-13-16-15(19)17-14-18/h18H,2-14H2,1H3,(H2,16,17,19). The van der Waals surface area contributed by atoms with Crippen molar-refractivity contribution in [2.45, 2.75) is 77.6 Å². The van der Waals surface area contributed by atoms with Crippen LogP contribution in [0.5, 0.6) is 0 Å². The lowest BCUT2D eigenvalue weighted by Crippen LogP contribution is -2.36. The van der Waals surface area contributed by atoms with Gasteiger partial charge in [0.1, 0.15) is 6.73 Å². The molecule has 114 valence electrons. The van der Waals surface area contributed by atoms with Crippen LogP contribution in [0.25, 0.3) is 0 Å². The van der Waals surface area contributed by atoms with Crippen LogP contribution in [-0.2, 0) is 0 Å². The van der Waals surface area contributed by atoms with Gasteiger partial charge in [0.2, 0.25) is 0 Å². The molecule has 0 aliphatic rings. The Morgan fingerprint density at radius 1 is 0.789 bits per heavy atom. The molecule has 19 heavy (non-hydrogen) atoms. The molecule has 0 unspecified atom stereocenters. The Morgan fingerprint density at radius 3 is 1.74 bits per heavy atom. The van der Waals surface area contributed by atoms with Crippen LogP contribution in [0.3, 0.4) is 0 Å². The second-order valence-corrected chi connectivity index (χ2v) is 5.13. The van der Waals surface area contributed by atoms with Crippen molar-refractivity contribution in [3.63, 3.8) is 0 Å². The Labute approximate surface area is 118 Å². The van der Waals surface area contributed by atoms with Crippen LogP contribution in [0.15, 0.2) is 0 Å². The van der Waals surface area contributed by atoms with Crippen molar-refractivity contribution in [1.82, 2.24) is 10.6 Å². The first kappa shape index (κ1) is 18.2. The minimum atomic E-state index is -0.301. The first-order valence-electron chi connectivity index (χ1n) is 7.93. The van der Waals surface area contributed by atoms with Gasteiger partial charge in [-0.25, -0.2) is 4.79 Å². The van der Waals surface area contributed by atoms with Crippen LogP contribution < -0.4 is 10.6 Å². The summed E-state index contributed by atoms with van der Waals surface area (Å²) < 4.78 is 0. The van der Waals surface area contributed by atoms with Crippen LogP contribution in [0.4, 0.5) is 4.79 Å². The maximum Gasteiger partial charge on any atom is 0.316 e. The summed E-state index contributed by atoms with van der Waals surface area (Å²) in [4.78, 5) is 10.9. The zero-order valence-electron chi connectivity index (χ0n) is 12.5. The van der Waals surface area contributed by atoms with Crippen LogP contribution in [-0.4, -0.2) is 24.4 Å². The van der Waals surface area contributed by atoms with Gasteiger partial charge in [0.15, 0.2) is 0 Å². The van der Waals surface area contributed by atoms with E-state index in [1.54, 1.807) is 0 Å². The monoisotopic (exact) mass is 272 g/mol. The fourth-order valence-corrected chi connectivity index (χ4v) is 2.13. The quantitative estimate of drug-likeness (QED) is 0.355. The van der Waals surface area contributed by atoms with E-state index >= 15 is 0 Å². The van der Waals surface area contributed by atoms with Crippen molar-refractivity contribution in [3.05, 3.63) is 0 Å². The number of amides is 2. The molecule has 4 nitrogen and oxygen atoms in total. The molecule has 0 radical (unpaired) electrons. The molecule has 0 bridgehead atoms. The summed E-state index contributed by atoms with van der Waals surface area (Å²) >= 11 is 0. The lowest BCUT2D eigenvalue weighted by Gasteiger charge is -2.05. The number of carbonyl (C=O) groups is 1. The van der Waals surface area contributed by atoms with E-state index < -0.39 is 0 Å². The van der Waals surface area contributed by atoms with E-state index in [1.807, 2.05) is 0 Å². The van der Waals surface area contributed by atoms with Crippen LogP contribution >= 0.6 is 0 Å². The average Bonchev–Trinajstić information content (AvgIpc) is 2.40. The Kier molecular flexibility index (Phi) is 14.7. The van der Waals surface area contributed by atoms with Crippen molar-refractivity contribution in [1.29, 1.82) is 0 Å². The Hall–Kier alpha value is -0.770. The summed E-state index contributed by atoms with van der Waals surface area (Å²) in [5.41, 5.74) is 0. The SMILES string of the molecule is CCCCCCCCCCCCCNC(=O)NCO. The minimum Gasteiger partial charge on any atom is -0.376 e. The molecule has 0 aromatic carbocycles. The van der Waals surface area contributed by atoms with Crippen LogP contribution in [0.2, 0.25) is 0 Å². The highest BCUT2D eigenvalue weighted by molar-refractivity contribution is 5.73. The maximum absolute atomic E-state index is 10.9. The number of hydrogen-bond acceptors (Lipinski definition) is 2. The summed E-state index contributed by atoms with van der Waals surface area (Å²) in [6.45, 7) is 2.65. The summed E-state index contributed by atoms with van der Waals surface area (Å²) in [5.74, 6) is 0. The highest BCUT2D eigenvalue weighted by atomic mass is 16.3. The first-order chi connectivity index (χ1) is 9.31. The fourth-order valence-electron chi connectivity index (χ4n) is 2.13. The smallest absolute Gasteiger partial charge is 0.316 e. The lowest BCUT2D eigenvalue weighted by atomic mass is 10.1. The number of rotatable bonds is 13. The fraction of sp³-hybridized carbons (Fsp3) is 0.933. The Morgan fingerprint density at radius 2 is 1.26 bits per heavy atom. The maximum atomic E-state index is 10.9. The molecule has 2 amide bonds. The molecule has 0 aliphatic carbocycles. The third-order valence-corrected chi connectivity index (χ3v) is 3.31. The molecule has 3 N–H and O–H groups in total.